The van der Waals surface area contributed by atoms with E-state index < -0.39 is 0 Å². The molecule has 0 spiro atoms. The Morgan fingerprint density at radius 2 is 1.29 bits per heavy atom. The minimum absolute atomic E-state index is 0. The molecule has 0 atom stereocenters. The van der Waals surface area contributed by atoms with E-state index in [9.17, 15) is 0 Å². The first-order chi connectivity index (χ1) is 15.5. The van der Waals surface area contributed by atoms with E-state index in [0.29, 0.717) is 5.92 Å². The Labute approximate surface area is 233 Å². The van der Waals surface area contributed by atoms with Crippen LogP contribution >= 0.6 is 0 Å². The van der Waals surface area contributed by atoms with E-state index in [2.05, 4.69) is 130 Å². The maximum atomic E-state index is 3.06. The van der Waals surface area contributed by atoms with Crippen molar-refractivity contribution in [2.24, 2.45) is 0 Å². The Morgan fingerprint density at radius 3 is 1.69 bits per heavy atom. The summed E-state index contributed by atoms with van der Waals surface area (Å²) in [7, 11) is 0. The monoisotopic (exact) mass is 558 g/mol. The Balaban J connectivity index is 0.000000756. The molecule has 0 aliphatic heterocycles. The first-order valence-electron chi connectivity index (χ1n) is 11.7. The molecule has 2 radical (unpaired) electrons. The molecule has 0 saturated carbocycles. The van der Waals surface area contributed by atoms with Gasteiger partial charge < -0.3 is 14.9 Å². The van der Waals surface area contributed by atoms with Crippen molar-refractivity contribution in [1.29, 1.82) is 0 Å². The second kappa shape index (κ2) is 14.3. The van der Waals surface area contributed by atoms with Crippen LogP contribution in [0.3, 0.4) is 0 Å². The SMILES string of the molecule is CC(C)c1cc2c(-c3ccc(C(C)(C)C)cc3)cccc2[cH-]1.Cc1[cH-]c(C)c(C)c1C.[CH3-].[CH3-].[Si]=[Zr]. The molecule has 188 valence electrons. The fourth-order valence-corrected chi connectivity index (χ4v) is 4.13. The van der Waals surface area contributed by atoms with Crippen molar-refractivity contribution in [3.05, 3.63) is 109 Å². The first-order valence-corrected chi connectivity index (χ1v) is 15.9. The van der Waals surface area contributed by atoms with E-state index in [1.54, 1.807) is 0 Å². The third-order valence-electron chi connectivity index (χ3n) is 6.68. The van der Waals surface area contributed by atoms with Gasteiger partial charge in [-0.25, -0.2) is 0 Å². The number of hydrogen-bond acceptors (Lipinski definition) is 0. The van der Waals surface area contributed by atoms with E-state index in [0.717, 1.165) is 0 Å². The van der Waals surface area contributed by atoms with E-state index in [1.807, 2.05) is 0 Å². The van der Waals surface area contributed by atoms with Crippen molar-refractivity contribution in [2.75, 3.05) is 0 Å². The van der Waals surface area contributed by atoms with Crippen LogP contribution in [0.15, 0.2) is 60.7 Å². The molecule has 2 heteroatoms. The van der Waals surface area contributed by atoms with Gasteiger partial charge in [-0.15, -0.1) is 34.5 Å². The molecule has 0 fully saturated rings. The predicted octanol–water partition coefficient (Wildman–Crippen LogP) is 9.80. The van der Waals surface area contributed by atoms with Crippen LogP contribution in [0.2, 0.25) is 0 Å². The molecule has 0 aromatic heterocycles. The van der Waals surface area contributed by atoms with Gasteiger partial charge in [0.05, 0.1) is 0 Å². The number of hydrogen-bond donors (Lipinski definition) is 0. The maximum absolute atomic E-state index is 3.06. The van der Waals surface area contributed by atoms with Crippen molar-refractivity contribution in [3.8, 4) is 11.1 Å². The molecule has 0 amide bonds. The summed E-state index contributed by atoms with van der Waals surface area (Å²) in [6.45, 7) is 23.0. The van der Waals surface area contributed by atoms with Gasteiger partial charge in [0.1, 0.15) is 0 Å². The Hall–Kier alpha value is -1.50. The third-order valence-corrected chi connectivity index (χ3v) is 6.68. The summed E-state index contributed by atoms with van der Waals surface area (Å²) in [5, 5.41) is 2.72. The minimum atomic E-state index is 0. The average molecular weight is 560 g/mol. The van der Waals surface area contributed by atoms with Gasteiger partial charge in [-0.1, -0.05) is 98.2 Å². The van der Waals surface area contributed by atoms with Gasteiger partial charge >= 0.3 is 30.2 Å². The van der Waals surface area contributed by atoms with Crippen LogP contribution in [0.1, 0.15) is 73.9 Å². The fraction of sp³-hybridized carbons (Fsp3) is 0.333. The molecule has 0 nitrogen and oxygen atoms in total. The zero-order chi connectivity index (χ0) is 24.9. The van der Waals surface area contributed by atoms with Gasteiger partial charge in [0, 0.05) is 0 Å². The molecule has 4 rings (SSSR count). The van der Waals surface area contributed by atoms with E-state index >= 15 is 0 Å². The number of rotatable bonds is 2. The molecule has 0 saturated heterocycles. The molecular weight excluding hydrogens is 516 g/mol. The van der Waals surface area contributed by atoms with Gasteiger partial charge in [0.2, 0.25) is 0 Å². The Bertz CT molecular complexity index is 1160. The van der Waals surface area contributed by atoms with Crippen LogP contribution in [-0.2, 0) is 28.8 Å². The Kier molecular flexibility index (Phi) is 13.7. The van der Waals surface area contributed by atoms with Gasteiger partial charge in [0.15, 0.2) is 0 Å². The normalized spacial score (nSPS) is 10.4. The van der Waals surface area contributed by atoms with Gasteiger partial charge in [0.25, 0.3) is 0 Å². The molecule has 0 aliphatic carbocycles. The molecule has 0 aliphatic rings. The number of benzene rings is 2. The summed E-state index contributed by atoms with van der Waals surface area (Å²) in [6.07, 6.45) is 0. The van der Waals surface area contributed by atoms with Crippen LogP contribution in [-0.4, -0.2) is 6.88 Å². The quantitative estimate of drug-likeness (QED) is 0.169. The van der Waals surface area contributed by atoms with Crippen molar-refractivity contribution < 1.29 is 23.3 Å². The summed E-state index contributed by atoms with van der Waals surface area (Å²) >= 11 is 1.36. The molecule has 0 bridgehead atoms. The van der Waals surface area contributed by atoms with Crippen molar-refractivity contribution >= 4 is 17.7 Å². The second-order valence-corrected chi connectivity index (χ2v) is 10.3. The molecule has 0 N–H and O–H groups in total. The standard InChI is InChI=1S/C22H25.C9H13.2CH3.Si.Zr/c1-15(2)18-13-17-7-6-8-20(21(17)14-18)16-9-11-19(12-10-16)22(3,4)5;1-6-5-7(2)9(4)8(6)3;;;;/h6-15H,1-5H3;5H,1-4H3;2*1H3;;/q4*-1;;. The van der Waals surface area contributed by atoms with Crippen molar-refractivity contribution in [3.63, 3.8) is 0 Å². The van der Waals surface area contributed by atoms with Gasteiger partial charge in [-0.3, -0.25) is 0 Å². The zero-order valence-electron chi connectivity index (χ0n) is 23.9. The van der Waals surface area contributed by atoms with Crippen LogP contribution in [0.5, 0.6) is 0 Å². The van der Waals surface area contributed by atoms with Crippen LogP contribution in [0.4, 0.5) is 0 Å². The molecule has 4 aromatic rings. The molecule has 0 heterocycles. The van der Waals surface area contributed by atoms with Gasteiger partial charge in [-0.05, 0) is 22.5 Å². The van der Waals surface area contributed by atoms with E-state index in [1.165, 1.54) is 78.6 Å². The van der Waals surface area contributed by atoms with Gasteiger partial charge in [-0.2, -0.15) is 34.4 Å². The second-order valence-electron chi connectivity index (χ2n) is 10.3. The molecule has 35 heavy (non-hydrogen) atoms. The summed E-state index contributed by atoms with van der Waals surface area (Å²) < 4.78 is 0. The van der Waals surface area contributed by atoms with Crippen LogP contribution in [0, 0.1) is 42.5 Å². The predicted molar refractivity (Wildman–Crippen MR) is 157 cm³/mol. The van der Waals surface area contributed by atoms with Crippen molar-refractivity contribution in [2.45, 2.75) is 73.6 Å². The summed E-state index contributed by atoms with van der Waals surface area (Å²) in [4.78, 5) is 0. The summed E-state index contributed by atoms with van der Waals surface area (Å²) in [5.41, 5.74) is 11.4. The fourth-order valence-electron chi connectivity index (χ4n) is 4.13. The summed E-state index contributed by atoms with van der Waals surface area (Å²) in [5.74, 6) is 0.573. The average Bonchev–Trinajstić information content (AvgIpc) is 3.32. The molecular formula is C33H44SiZr-4. The topological polar surface area (TPSA) is 0 Å². The molecule has 0 unspecified atom stereocenters. The van der Waals surface area contributed by atoms with Crippen LogP contribution < -0.4 is 0 Å². The Morgan fingerprint density at radius 1 is 0.771 bits per heavy atom. The van der Waals surface area contributed by atoms with Crippen LogP contribution in [0.25, 0.3) is 21.9 Å². The van der Waals surface area contributed by atoms with Crippen molar-refractivity contribution in [1.82, 2.24) is 0 Å². The first kappa shape index (κ1) is 33.5. The van der Waals surface area contributed by atoms with E-state index in [4.69, 9.17) is 0 Å². The zero-order valence-corrected chi connectivity index (χ0v) is 27.3. The summed E-state index contributed by atoms with van der Waals surface area (Å²) in [6, 6.07) is 22.6. The number of fused-ring (bicyclic) bond motifs is 1. The van der Waals surface area contributed by atoms with E-state index in [-0.39, 0.29) is 20.3 Å². The third kappa shape index (κ3) is 8.26. The molecule has 4 aromatic carbocycles. The number of aryl methyl sites for hydroxylation is 2.